The van der Waals surface area contributed by atoms with E-state index in [1.807, 2.05) is 19.1 Å². The average molecular weight is 441 g/mol. The van der Waals surface area contributed by atoms with Gasteiger partial charge in [-0.15, -0.1) is 0 Å². The van der Waals surface area contributed by atoms with E-state index < -0.39 is 15.7 Å². The van der Waals surface area contributed by atoms with E-state index in [4.69, 9.17) is 11.6 Å². The summed E-state index contributed by atoms with van der Waals surface area (Å²) < 4.78 is 40.4. The Hall–Kier alpha value is -2.96. The Morgan fingerprint density at radius 2 is 1.73 bits per heavy atom. The SMILES string of the molecule is Cc1cccc(Cl)c1-c1nccn1-c1ccc(-c2cccc(S(C)(=O)=O)c2)cc1F. The molecule has 0 amide bonds. The second-order valence-electron chi connectivity index (χ2n) is 7.02. The van der Waals surface area contributed by atoms with Crippen LogP contribution >= 0.6 is 11.6 Å². The predicted molar refractivity (Wildman–Crippen MR) is 117 cm³/mol. The third-order valence-corrected chi connectivity index (χ3v) is 6.31. The number of hydrogen-bond donors (Lipinski definition) is 0. The van der Waals surface area contributed by atoms with Gasteiger partial charge in [0, 0.05) is 24.2 Å². The molecule has 0 spiro atoms. The van der Waals surface area contributed by atoms with E-state index in [1.165, 1.54) is 12.1 Å². The van der Waals surface area contributed by atoms with Gasteiger partial charge in [-0.2, -0.15) is 0 Å². The highest BCUT2D eigenvalue weighted by Crippen LogP contribution is 2.33. The first-order valence-electron chi connectivity index (χ1n) is 9.15. The van der Waals surface area contributed by atoms with Crippen molar-refractivity contribution < 1.29 is 12.8 Å². The smallest absolute Gasteiger partial charge is 0.175 e. The normalized spacial score (nSPS) is 11.6. The number of benzene rings is 3. The van der Waals surface area contributed by atoms with Crippen molar-refractivity contribution in [2.45, 2.75) is 11.8 Å². The van der Waals surface area contributed by atoms with Crippen LogP contribution in [0.5, 0.6) is 0 Å². The summed E-state index contributed by atoms with van der Waals surface area (Å²) in [6, 6.07) is 16.8. The largest absolute Gasteiger partial charge is 0.297 e. The molecule has 7 heteroatoms. The van der Waals surface area contributed by atoms with Crippen LogP contribution in [-0.2, 0) is 9.84 Å². The van der Waals surface area contributed by atoms with Gasteiger partial charge in [-0.3, -0.25) is 4.57 Å². The molecule has 0 N–H and O–H groups in total. The van der Waals surface area contributed by atoms with Crippen LogP contribution in [0.1, 0.15) is 5.56 Å². The maximum Gasteiger partial charge on any atom is 0.175 e. The second kappa shape index (κ2) is 7.70. The van der Waals surface area contributed by atoms with E-state index in [0.717, 1.165) is 17.4 Å². The summed E-state index contributed by atoms with van der Waals surface area (Å²) in [5, 5.41) is 0.539. The summed E-state index contributed by atoms with van der Waals surface area (Å²) in [6.07, 6.45) is 4.43. The van der Waals surface area contributed by atoms with Gasteiger partial charge < -0.3 is 0 Å². The van der Waals surface area contributed by atoms with Gasteiger partial charge in [0.05, 0.1) is 15.6 Å². The van der Waals surface area contributed by atoms with E-state index in [-0.39, 0.29) is 4.90 Å². The highest BCUT2D eigenvalue weighted by atomic mass is 35.5. The zero-order valence-electron chi connectivity index (χ0n) is 16.3. The van der Waals surface area contributed by atoms with Crippen molar-refractivity contribution in [1.29, 1.82) is 0 Å². The molecule has 1 aromatic heterocycles. The molecule has 0 radical (unpaired) electrons. The van der Waals surface area contributed by atoms with E-state index >= 15 is 4.39 Å². The molecule has 4 rings (SSSR count). The molecule has 0 unspecified atom stereocenters. The molecule has 0 bridgehead atoms. The number of aromatic nitrogens is 2. The number of nitrogens with zero attached hydrogens (tertiary/aromatic N) is 2. The Kier molecular flexibility index (Phi) is 5.22. The van der Waals surface area contributed by atoms with Crippen LogP contribution < -0.4 is 0 Å². The molecule has 0 aliphatic rings. The van der Waals surface area contributed by atoms with Crippen LogP contribution in [0.4, 0.5) is 4.39 Å². The lowest BCUT2D eigenvalue weighted by Crippen LogP contribution is -2.01. The maximum absolute atomic E-state index is 15.1. The van der Waals surface area contributed by atoms with Crippen molar-refractivity contribution in [3.8, 4) is 28.2 Å². The molecule has 0 saturated heterocycles. The standard InChI is InChI=1S/C23H18ClFN2O2S/c1-15-5-3-8-19(24)22(15)23-26-11-12-27(23)21-10-9-17(14-20(21)25)16-6-4-7-18(13-16)30(2,28)29/h3-14H,1-2H3. The molecule has 4 nitrogen and oxygen atoms in total. The van der Waals surface area contributed by atoms with Crippen molar-refractivity contribution in [3.05, 3.63) is 89.5 Å². The van der Waals surface area contributed by atoms with E-state index in [1.54, 1.807) is 53.4 Å². The maximum atomic E-state index is 15.1. The fourth-order valence-corrected chi connectivity index (χ4v) is 4.36. The highest BCUT2D eigenvalue weighted by molar-refractivity contribution is 7.90. The molecule has 0 saturated carbocycles. The van der Waals surface area contributed by atoms with Crippen LogP contribution in [0.15, 0.2) is 78.0 Å². The fourth-order valence-electron chi connectivity index (χ4n) is 3.39. The van der Waals surface area contributed by atoms with Crippen LogP contribution in [0.25, 0.3) is 28.2 Å². The molecule has 4 aromatic rings. The highest BCUT2D eigenvalue weighted by Gasteiger charge is 2.17. The molecule has 0 aliphatic carbocycles. The molecular weight excluding hydrogens is 423 g/mol. The van der Waals surface area contributed by atoms with Gasteiger partial charge in [0.1, 0.15) is 11.6 Å². The molecule has 152 valence electrons. The van der Waals surface area contributed by atoms with Crippen molar-refractivity contribution in [2.75, 3.05) is 6.26 Å². The Morgan fingerprint density at radius 1 is 1.00 bits per heavy atom. The predicted octanol–water partition coefficient (Wildman–Crippen LogP) is 5.71. The topological polar surface area (TPSA) is 52.0 Å². The molecule has 0 aliphatic heterocycles. The van der Waals surface area contributed by atoms with E-state index in [0.29, 0.717) is 27.7 Å². The quantitative estimate of drug-likeness (QED) is 0.408. The zero-order chi connectivity index (χ0) is 21.5. The van der Waals surface area contributed by atoms with Gasteiger partial charge in [-0.25, -0.2) is 17.8 Å². The second-order valence-corrected chi connectivity index (χ2v) is 9.44. The number of sulfone groups is 1. The number of aryl methyl sites for hydroxylation is 1. The summed E-state index contributed by atoms with van der Waals surface area (Å²) in [4.78, 5) is 4.58. The van der Waals surface area contributed by atoms with Crippen molar-refractivity contribution in [1.82, 2.24) is 9.55 Å². The first-order valence-corrected chi connectivity index (χ1v) is 11.4. The summed E-state index contributed by atoms with van der Waals surface area (Å²) in [5.74, 6) is 0.0880. The van der Waals surface area contributed by atoms with Crippen molar-refractivity contribution in [2.24, 2.45) is 0 Å². The van der Waals surface area contributed by atoms with Crippen molar-refractivity contribution in [3.63, 3.8) is 0 Å². The Morgan fingerprint density at radius 3 is 2.43 bits per heavy atom. The molecule has 0 atom stereocenters. The molecular formula is C23H18ClFN2O2S. The minimum Gasteiger partial charge on any atom is -0.297 e. The summed E-state index contributed by atoms with van der Waals surface area (Å²) >= 11 is 6.38. The molecule has 0 fully saturated rings. The lowest BCUT2D eigenvalue weighted by atomic mass is 10.0. The third kappa shape index (κ3) is 3.76. The first kappa shape index (κ1) is 20.3. The van der Waals surface area contributed by atoms with Gasteiger partial charge in [-0.1, -0.05) is 41.9 Å². The van der Waals surface area contributed by atoms with Gasteiger partial charge in [0.15, 0.2) is 9.84 Å². The van der Waals surface area contributed by atoms with Gasteiger partial charge >= 0.3 is 0 Å². The molecule has 1 heterocycles. The molecule has 3 aromatic carbocycles. The monoisotopic (exact) mass is 440 g/mol. The van der Waals surface area contributed by atoms with Crippen LogP contribution in [0.3, 0.4) is 0 Å². The Labute approximate surface area is 179 Å². The van der Waals surface area contributed by atoms with Crippen LogP contribution in [0.2, 0.25) is 5.02 Å². The Balaban J connectivity index is 1.79. The fraction of sp³-hybridized carbons (Fsp3) is 0.0870. The number of halogens is 2. The number of rotatable bonds is 4. The zero-order valence-corrected chi connectivity index (χ0v) is 17.9. The lowest BCUT2D eigenvalue weighted by molar-refractivity contribution is 0.602. The average Bonchev–Trinajstić information content (AvgIpc) is 3.16. The summed E-state index contributed by atoms with van der Waals surface area (Å²) in [7, 11) is -3.35. The van der Waals surface area contributed by atoms with Crippen molar-refractivity contribution >= 4 is 21.4 Å². The van der Waals surface area contributed by atoms with E-state index in [2.05, 4.69) is 4.98 Å². The minimum absolute atomic E-state index is 0.190. The first-order chi connectivity index (χ1) is 14.3. The number of imidazole rings is 1. The minimum atomic E-state index is -3.35. The van der Waals surface area contributed by atoms with Gasteiger partial charge in [0.25, 0.3) is 0 Å². The summed E-state index contributed by atoms with van der Waals surface area (Å²) in [6.45, 7) is 1.93. The van der Waals surface area contributed by atoms with Gasteiger partial charge in [0.2, 0.25) is 0 Å². The van der Waals surface area contributed by atoms with Gasteiger partial charge in [-0.05, 0) is 53.9 Å². The lowest BCUT2D eigenvalue weighted by Gasteiger charge is -2.13. The van der Waals surface area contributed by atoms with E-state index in [9.17, 15) is 8.42 Å². The summed E-state index contributed by atoms with van der Waals surface area (Å²) in [5.41, 5.74) is 3.21. The third-order valence-electron chi connectivity index (χ3n) is 4.89. The van der Waals surface area contributed by atoms with Crippen LogP contribution in [0, 0.1) is 12.7 Å². The molecule has 30 heavy (non-hydrogen) atoms. The van der Waals surface area contributed by atoms with Crippen LogP contribution in [-0.4, -0.2) is 24.2 Å². The number of hydrogen-bond acceptors (Lipinski definition) is 3. The Bertz CT molecular complexity index is 1340.